The molecule has 1 unspecified atom stereocenters. The van der Waals surface area contributed by atoms with Crippen LogP contribution in [0.1, 0.15) is 33.6 Å². The van der Waals surface area contributed by atoms with E-state index >= 15 is 0 Å². The molecule has 1 amide bonds. The van der Waals surface area contributed by atoms with E-state index in [-0.39, 0.29) is 18.7 Å². The summed E-state index contributed by atoms with van der Waals surface area (Å²) in [7, 11) is 0. The standard InChI is InChI=1S/C11H16N2O3/c1-11(2,3)16-10(15)13-5-4-9(14)6-8(13)7-12/h8H,4-6H2,1-3H3. The number of carbonyl (C=O) groups excluding carboxylic acids is 2. The van der Waals surface area contributed by atoms with Crippen LogP contribution >= 0.6 is 0 Å². The van der Waals surface area contributed by atoms with Gasteiger partial charge in [0.25, 0.3) is 0 Å². The van der Waals surface area contributed by atoms with E-state index in [1.54, 1.807) is 20.8 Å². The fourth-order valence-corrected chi connectivity index (χ4v) is 1.48. The number of ketones is 1. The predicted octanol–water partition coefficient (Wildman–Crippen LogP) is 1.48. The Morgan fingerprint density at radius 2 is 2.19 bits per heavy atom. The topological polar surface area (TPSA) is 70.4 Å². The highest BCUT2D eigenvalue weighted by atomic mass is 16.6. The first-order valence-corrected chi connectivity index (χ1v) is 5.24. The van der Waals surface area contributed by atoms with E-state index in [4.69, 9.17) is 10.00 Å². The number of nitriles is 1. The minimum absolute atomic E-state index is 0.0198. The highest BCUT2D eigenvalue weighted by molar-refractivity contribution is 5.83. The lowest BCUT2D eigenvalue weighted by Crippen LogP contribution is -2.47. The van der Waals surface area contributed by atoms with E-state index in [1.165, 1.54) is 4.90 Å². The number of piperidine rings is 1. The molecule has 0 aromatic carbocycles. The molecule has 0 saturated carbocycles. The zero-order valence-corrected chi connectivity index (χ0v) is 9.82. The molecule has 0 aromatic heterocycles. The lowest BCUT2D eigenvalue weighted by Gasteiger charge is -2.32. The third kappa shape index (κ3) is 3.23. The second kappa shape index (κ2) is 4.52. The Labute approximate surface area is 95.0 Å². The summed E-state index contributed by atoms with van der Waals surface area (Å²) < 4.78 is 5.17. The van der Waals surface area contributed by atoms with Gasteiger partial charge in [0, 0.05) is 19.4 Å². The van der Waals surface area contributed by atoms with Crippen LogP contribution in [0.4, 0.5) is 4.79 Å². The van der Waals surface area contributed by atoms with Crippen molar-refractivity contribution < 1.29 is 14.3 Å². The maximum absolute atomic E-state index is 11.7. The van der Waals surface area contributed by atoms with Crippen molar-refractivity contribution in [2.45, 2.75) is 45.3 Å². The molecule has 0 N–H and O–H groups in total. The smallest absolute Gasteiger partial charge is 0.411 e. The van der Waals surface area contributed by atoms with Gasteiger partial charge in [0.15, 0.2) is 0 Å². The largest absolute Gasteiger partial charge is 0.444 e. The molecule has 1 saturated heterocycles. The fraction of sp³-hybridized carbons (Fsp3) is 0.727. The van der Waals surface area contributed by atoms with E-state index in [2.05, 4.69) is 0 Å². The summed E-state index contributed by atoms with van der Waals surface area (Å²) in [6.45, 7) is 5.57. The van der Waals surface area contributed by atoms with Gasteiger partial charge >= 0.3 is 6.09 Å². The van der Waals surface area contributed by atoms with Gasteiger partial charge in [0.05, 0.1) is 6.07 Å². The van der Waals surface area contributed by atoms with E-state index < -0.39 is 17.7 Å². The molecule has 0 spiro atoms. The number of nitrogens with zero attached hydrogens (tertiary/aromatic N) is 2. The van der Waals surface area contributed by atoms with Gasteiger partial charge in [-0.25, -0.2) is 4.79 Å². The van der Waals surface area contributed by atoms with Crippen molar-refractivity contribution in [3.63, 3.8) is 0 Å². The Balaban J connectivity index is 2.68. The van der Waals surface area contributed by atoms with Crippen molar-refractivity contribution in [2.24, 2.45) is 0 Å². The van der Waals surface area contributed by atoms with Crippen molar-refractivity contribution in [3.05, 3.63) is 0 Å². The SMILES string of the molecule is CC(C)(C)OC(=O)N1CCC(=O)CC1C#N. The van der Waals surface area contributed by atoms with Gasteiger partial charge in [-0.1, -0.05) is 0 Å². The minimum atomic E-state index is -0.684. The molecule has 5 nitrogen and oxygen atoms in total. The Kier molecular flexibility index (Phi) is 3.53. The van der Waals surface area contributed by atoms with Crippen LogP contribution in [0.2, 0.25) is 0 Å². The summed E-state index contributed by atoms with van der Waals surface area (Å²) >= 11 is 0. The first kappa shape index (κ1) is 12.5. The maximum atomic E-state index is 11.7. The second-order valence-electron chi connectivity index (χ2n) is 4.81. The molecule has 0 radical (unpaired) electrons. The van der Waals surface area contributed by atoms with E-state index in [0.29, 0.717) is 6.42 Å². The molecule has 5 heteroatoms. The predicted molar refractivity (Wildman–Crippen MR) is 56.6 cm³/mol. The van der Waals surface area contributed by atoms with Crippen molar-refractivity contribution >= 4 is 11.9 Å². The van der Waals surface area contributed by atoms with Crippen LogP contribution in [0.3, 0.4) is 0 Å². The number of hydrogen-bond donors (Lipinski definition) is 0. The Bertz CT molecular complexity index is 338. The van der Waals surface area contributed by atoms with Crippen LogP contribution in [-0.2, 0) is 9.53 Å². The van der Waals surface area contributed by atoms with Crippen LogP contribution in [0, 0.1) is 11.3 Å². The quantitative estimate of drug-likeness (QED) is 0.624. The first-order chi connectivity index (χ1) is 7.33. The van der Waals surface area contributed by atoms with Crippen LogP contribution in [0.5, 0.6) is 0 Å². The van der Waals surface area contributed by atoms with E-state index in [1.807, 2.05) is 6.07 Å². The number of hydrogen-bond acceptors (Lipinski definition) is 4. The molecule has 0 bridgehead atoms. The first-order valence-electron chi connectivity index (χ1n) is 5.24. The molecule has 16 heavy (non-hydrogen) atoms. The maximum Gasteiger partial charge on any atom is 0.411 e. The molecule has 1 heterocycles. The molecule has 0 aromatic rings. The minimum Gasteiger partial charge on any atom is -0.444 e. The van der Waals surface area contributed by atoms with Crippen molar-refractivity contribution in [1.82, 2.24) is 4.90 Å². The molecule has 1 aliphatic rings. The molecule has 1 fully saturated rings. The highest BCUT2D eigenvalue weighted by Crippen LogP contribution is 2.18. The average Bonchev–Trinajstić information content (AvgIpc) is 2.14. The highest BCUT2D eigenvalue weighted by Gasteiger charge is 2.33. The molecular formula is C11H16N2O3. The number of ether oxygens (including phenoxy) is 1. The monoisotopic (exact) mass is 224 g/mol. The van der Waals surface area contributed by atoms with Gasteiger partial charge in [-0.05, 0) is 20.8 Å². The summed E-state index contributed by atoms with van der Waals surface area (Å²) in [5.41, 5.74) is -0.585. The van der Waals surface area contributed by atoms with E-state index in [9.17, 15) is 9.59 Å². The zero-order valence-electron chi connectivity index (χ0n) is 9.82. The lowest BCUT2D eigenvalue weighted by atomic mass is 10.0. The second-order valence-corrected chi connectivity index (χ2v) is 4.81. The number of likely N-dealkylation sites (tertiary alicyclic amines) is 1. The number of Topliss-reactive ketones (excluding diaryl/α,β-unsaturated/α-hetero) is 1. The lowest BCUT2D eigenvalue weighted by molar-refractivity contribution is -0.122. The van der Waals surface area contributed by atoms with Gasteiger partial charge in [0.2, 0.25) is 0 Å². The number of rotatable bonds is 0. The van der Waals surface area contributed by atoms with Crippen LogP contribution in [0.15, 0.2) is 0 Å². The van der Waals surface area contributed by atoms with Crippen LogP contribution < -0.4 is 0 Å². The molecule has 88 valence electrons. The fourth-order valence-electron chi connectivity index (χ4n) is 1.48. The summed E-state index contributed by atoms with van der Waals surface area (Å²) in [6, 6.07) is 1.27. The molecular weight excluding hydrogens is 208 g/mol. The summed E-state index contributed by atoms with van der Waals surface area (Å²) in [5.74, 6) is 0.0198. The summed E-state index contributed by atoms with van der Waals surface area (Å²) in [6.07, 6.45) is -0.112. The molecule has 1 aliphatic heterocycles. The van der Waals surface area contributed by atoms with Crippen molar-refractivity contribution in [1.29, 1.82) is 5.26 Å². The van der Waals surface area contributed by atoms with Crippen LogP contribution in [-0.4, -0.2) is 35.0 Å². The summed E-state index contributed by atoms with van der Waals surface area (Å²) in [4.78, 5) is 24.2. The normalized spacial score (nSPS) is 21.5. The molecule has 1 atom stereocenters. The Morgan fingerprint density at radius 3 is 2.69 bits per heavy atom. The van der Waals surface area contributed by atoms with Gasteiger partial charge in [-0.2, -0.15) is 5.26 Å². The van der Waals surface area contributed by atoms with Crippen molar-refractivity contribution in [3.8, 4) is 6.07 Å². The third-order valence-corrected chi connectivity index (χ3v) is 2.21. The summed E-state index contributed by atoms with van der Waals surface area (Å²) in [5, 5.41) is 8.87. The molecule has 1 rings (SSSR count). The number of carbonyl (C=O) groups is 2. The van der Waals surface area contributed by atoms with E-state index in [0.717, 1.165) is 0 Å². The van der Waals surface area contributed by atoms with Gasteiger partial charge in [-0.15, -0.1) is 0 Å². The Hall–Kier alpha value is -1.57. The third-order valence-electron chi connectivity index (χ3n) is 2.21. The van der Waals surface area contributed by atoms with Gasteiger partial charge < -0.3 is 4.74 Å². The van der Waals surface area contributed by atoms with Gasteiger partial charge in [0.1, 0.15) is 17.4 Å². The van der Waals surface area contributed by atoms with Gasteiger partial charge in [-0.3, -0.25) is 9.69 Å². The Morgan fingerprint density at radius 1 is 1.56 bits per heavy atom. The zero-order chi connectivity index (χ0) is 12.3. The number of amides is 1. The van der Waals surface area contributed by atoms with Crippen LogP contribution in [0.25, 0.3) is 0 Å². The average molecular weight is 224 g/mol. The molecule has 0 aliphatic carbocycles. The van der Waals surface area contributed by atoms with Crippen molar-refractivity contribution in [2.75, 3.05) is 6.54 Å².